The smallest absolute Gasteiger partial charge is 0.344 e. The Labute approximate surface area is 645 Å². The zero-order valence-electron chi connectivity index (χ0n) is 58.5. The number of ether oxygens (including phenoxy) is 9. The van der Waals surface area contributed by atoms with E-state index in [2.05, 4.69) is 188 Å². The number of hydrogen-bond donors (Lipinski definition) is 1. The molecule has 5 aromatic rings. The zero-order chi connectivity index (χ0) is 77.5. The van der Waals surface area contributed by atoms with E-state index in [1.54, 1.807) is 120 Å². The quantitative estimate of drug-likeness (QED) is 0.00930. The molecule has 1 N–H and O–H groups in total. The molecular weight excluding hydrogens is 1750 g/mol. The molecular formula is C72H82Br6O20Si3. The summed E-state index contributed by atoms with van der Waals surface area (Å²) >= 11 is 19.2. The first-order chi connectivity index (χ1) is 47.3. The van der Waals surface area contributed by atoms with Gasteiger partial charge in [-0.1, -0.05) is 155 Å². The summed E-state index contributed by atoms with van der Waals surface area (Å²) < 4.78 is 48.4. The third-order valence-corrected chi connectivity index (χ3v) is 16.0. The van der Waals surface area contributed by atoms with Gasteiger partial charge in [0.25, 0.3) is 0 Å². The minimum absolute atomic E-state index is 0.0122. The van der Waals surface area contributed by atoms with Crippen molar-refractivity contribution in [3.05, 3.63) is 141 Å². The Morgan fingerprint density at radius 3 is 0.931 bits per heavy atom. The number of aldehydes is 2. The van der Waals surface area contributed by atoms with Gasteiger partial charge in [-0.15, -0.1) is 29.5 Å². The highest BCUT2D eigenvalue weighted by atomic mass is 79.9. The minimum Gasteiger partial charge on any atom is -0.507 e. The van der Waals surface area contributed by atoms with Crippen molar-refractivity contribution in [2.75, 3.05) is 64.8 Å². The number of rotatable bonds is 23. The monoisotopic (exact) mass is 1820 g/mol. The Bertz CT molecular complexity index is 3690. The van der Waals surface area contributed by atoms with Gasteiger partial charge < -0.3 is 47.7 Å². The molecule has 544 valence electrons. The molecule has 0 saturated heterocycles. The van der Waals surface area contributed by atoms with E-state index in [0.29, 0.717) is 75.1 Å². The molecule has 0 saturated carbocycles. The van der Waals surface area contributed by atoms with Crippen LogP contribution in [0.25, 0.3) is 0 Å². The molecule has 0 aromatic heterocycles. The number of aromatic hydroxyl groups is 1. The van der Waals surface area contributed by atoms with E-state index in [0.717, 1.165) is 17.9 Å². The van der Waals surface area contributed by atoms with Crippen molar-refractivity contribution < 1.29 is 95.7 Å². The molecule has 0 atom stereocenters. The van der Waals surface area contributed by atoms with E-state index in [-0.39, 0.29) is 80.8 Å². The summed E-state index contributed by atoms with van der Waals surface area (Å²) in [6.45, 7) is 28.1. The number of esters is 5. The van der Waals surface area contributed by atoms with Crippen molar-refractivity contribution >= 4 is 180 Å². The molecule has 0 bridgehead atoms. The van der Waals surface area contributed by atoms with Crippen LogP contribution < -0.4 is 18.9 Å². The van der Waals surface area contributed by atoms with Crippen LogP contribution in [-0.2, 0) is 47.7 Å². The first kappa shape index (κ1) is 95.6. The molecule has 20 nitrogen and oxygen atoms in total. The summed E-state index contributed by atoms with van der Waals surface area (Å²) in [5.41, 5.74) is 10.4. The number of terminal acetylenes is 2. The molecule has 0 radical (unpaired) electrons. The summed E-state index contributed by atoms with van der Waals surface area (Å²) in [5, 5.41) is 9.28. The third kappa shape index (κ3) is 46.7. The van der Waals surface area contributed by atoms with Gasteiger partial charge in [0.1, 0.15) is 58.3 Å². The number of phenols is 1. The van der Waals surface area contributed by atoms with Crippen molar-refractivity contribution in [1.82, 2.24) is 0 Å². The van der Waals surface area contributed by atoms with Gasteiger partial charge in [0.2, 0.25) is 17.3 Å². The van der Waals surface area contributed by atoms with Crippen molar-refractivity contribution in [2.45, 2.75) is 93.5 Å². The van der Waals surface area contributed by atoms with Crippen LogP contribution in [0.1, 0.15) is 86.4 Å². The molecule has 0 spiro atoms. The van der Waals surface area contributed by atoms with Crippen LogP contribution in [0.15, 0.2) is 113 Å². The molecule has 29 heteroatoms. The maximum Gasteiger partial charge on any atom is 0.344 e. The van der Waals surface area contributed by atoms with Gasteiger partial charge in [-0.2, -0.15) is 0 Å². The highest BCUT2D eigenvalue weighted by Crippen LogP contribution is 2.27. The van der Waals surface area contributed by atoms with E-state index in [4.69, 9.17) is 55.8 Å². The van der Waals surface area contributed by atoms with Crippen molar-refractivity contribution in [3.8, 4) is 76.0 Å². The number of hydrogen-bond acceptors (Lipinski definition) is 20. The lowest BCUT2D eigenvalue weighted by Gasteiger charge is -2.09. The van der Waals surface area contributed by atoms with Crippen LogP contribution in [0.2, 0.25) is 58.9 Å². The van der Waals surface area contributed by atoms with E-state index in [1.165, 1.54) is 6.07 Å². The molecule has 0 heterocycles. The average molecular weight is 1830 g/mol. The second-order valence-corrected chi connectivity index (χ2v) is 41.8. The second-order valence-electron chi connectivity index (χ2n) is 22.4. The predicted octanol–water partition coefficient (Wildman–Crippen LogP) is 15.7. The lowest BCUT2D eigenvalue weighted by Crippen LogP contribution is -2.18. The lowest BCUT2D eigenvalue weighted by atomic mass is 10.1. The molecule has 101 heavy (non-hydrogen) atoms. The molecule has 0 aliphatic carbocycles. The third-order valence-electron chi connectivity index (χ3n) is 10.5. The van der Waals surface area contributed by atoms with Crippen molar-refractivity contribution in [3.63, 3.8) is 0 Å². The molecule has 0 amide bonds. The fourth-order valence-corrected chi connectivity index (χ4v) is 9.02. The predicted molar refractivity (Wildman–Crippen MR) is 418 cm³/mol. The van der Waals surface area contributed by atoms with Gasteiger partial charge in [-0.3, -0.25) is 28.8 Å². The van der Waals surface area contributed by atoms with Gasteiger partial charge in [0, 0.05) is 22.4 Å². The van der Waals surface area contributed by atoms with E-state index < -0.39 is 53.9 Å². The first-order valence-corrected chi connectivity index (χ1v) is 46.0. The highest BCUT2D eigenvalue weighted by Gasteiger charge is 2.19. The molecule has 0 unspecified atom stereocenters. The number of alkyl halides is 1. The number of benzene rings is 5. The van der Waals surface area contributed by atoms with Gasteiger partial charge >= 0.3 is 29.8 Å². The Hall–Kier alpha value is -7.43. The maximum atomic E-state index is 12.3. The van der Waals surface area contributed by atoms with Crippen LogP contribution in [0.3, 0.4) is 0 Å². The number of Topliss-reactive ketones (excluding diaryl/α,β-unsaturated/α-hetero) is 3. The van der Waals surface area contributed by atoms with Gasteiger partial charge in [-0.25, -0.2) is 19.2 Å². The average Bonchev–Trinajstić information content (AvgIpc) is 0.912. The van der Waals surface area contributed by atoms with Crippen LogP contribution >= 0.6 is 95.6 Å². The Balaban J connectivity index is 0. The van der Waals surface area contributed by atoms with E-state index in [1.807, 2.05) is 5.92 Å². The normalized spacial score (nSPS) is 9.84. The van der Waals surface area contributed by atoms with Gasteiger partial charge in [0.15, 0.2) is 39.0 Å². The standard InChI is InChI=1S/2C16H19BrO4Si.C13H11BrO4.C11H11BrO4.C7H5BrO2.C5H10Si.C4H7BrO2/c2*1-5-20-16(19)11-21-15-7-6-12(17)10-13(15)14(18)8-9-22(2,3)4;1-3-11(15)10-7-9(14)5-6-12(10)18-8-13(16)17-4-2;1-2-15-11(14)7-16-10-4-3-9(12)5-8(10)6-13;8-6-1-2-7(10)5(3-6)4-9;1-5-6(2,3)4;1-2-7-4(6)3-5/h2*6-7,10H,5,11H2,1-4H3;1,5-7H,4,8H2,2H3;3-6H,2,7H2,1H3;1-4,10H;1H,2-4H3;2-3H2,1H3. The maximum absolute atomic E-state index is 12.3. The molecule has 0 aliphatic heterocycles. The van der Waals surface area contributed by atoms with E-state index in [9.17, 15) is 47.9 Å². The van der Waals surface area contributed by atoms with Gasteiger partial charge in [0.05, 0.1) is 60.9 Å². The number of carbonyl (C=O) groups excluding carboxylic acids is 10. The van der Waals surface area contributed by atoms with Gasteiger partial charge in [-0.05, 0) is 143 Å². The highest BCUT2D eigenvalue weighted by molar-refractivity contribution is 9.11. The number of halogens is 6. The number of ketones is 3. The largest absolute Gasteiger partial charge is 0.507 e. The summed E-state index contributed by atoms with van der Waals surface area (Å²) in [6.07, 6.45) is 11.5. The molecule has 5 rings (SSSR count). The van der Waals surface area contributed by atoms with Crippen LogP contribution in [-0.4, -0.2) is 154 Å². The Morgan fingerprint density at radius 1 is 0.406 bits per heavy atom. The summed E-state index contributed by atoms with van der Waals surface area (Å²) in [5.74, 6) is 5.39. The number of carbonyl (C=O) groups is 10. The first-order valence-electron chi connectivity index (χ1n) is 30.4. The van der Waals surface area contributed by atoms with E-state index >= 15 is 0 Å². The molecule has 0 aliphatic rings. The summed E-state index contributed by atoms with van der Waals surface area (Å²) in [7, 11) is -4.38. The minimum atomic E-state index is -1.64. The molecule has 5 aromatic carbocycles. The summed E-state index contributed by atoms with van der Waals surface area (Å²) in [6, 6.07) is 24.5. The topological polar surface area (TPSA) is 274 Å². The SMILES string of the molecule is C#CC(=O)c1cc(Br)ccc1OCC(=O)OCC.C#C[Si](C)(C)C.CCOC(=O)CBr.CCOC(=O)COc1ccc(Br)cc1C(=O)C#C[Si](C)(C)C.CCOC(=O)COc1ccc(Br)cc1C(=O)C#C[Si](C)(C)C.CCOC(=O)COc1ccc(Br)cc1C=O.O=Cc1cc(Br)ccc1O. The fraction of sp³-hybridized carbons (Fsp3) is 0.333. The van der Waals surface area contributed by atoms with Crippen molar-refractivity contribution in [2.24, 2.45) is 0 Å². The number of phenolic OH excluding ortho intramolecular Hbond substituents is 1. The fourth-order valence-electron chi connectivity index (χ4n) is 6.04. The van der Waals surface area contributed by atoms with Crippen LogP contribution in [0.5, 0.6) is 28.7 Å². The second kappa shape index (κ2) is 52.5. The van der Waals surface area contributed by atoms with Crippen LogP contribution in [0, 0.1) is 47.2 Å². The zero-order valence-corrected chi connectivity index (χ0v) is 71.0. The molecule has 0 fully saturated rings. The Morgan fingerprint density at radius 2 is 0.673 bits per heavy atom. The lowest BCUT2D eigenvalue weighted by molar-refractivity contribution is -0.146. The Kier molecular flexibility index (Phi) is 49.7. The van der Waals surface area contributed by atoms with Crippen molar-refractivity contribution in [1.29, 1.82) is 0 Å². The van der Waals surface area contributed by atoms with Crippen LogP contribution in [0.4, 0.5) is 0 Å². The summed E-state index contributed by atoms with van der Waals surface area (Å²) in [4.78, 5) is 112.